The Bertz CT molecular complexity index is 1290. The van der Waals surface area contributed by atoms with Gasteiger partial charge in [0, 0.05) is 24.2 Å². The molecule has 4 aliphatic rings. The molecule has 9 nitrogen and oxygen atoms in total. The van der Waals surface area contributed by atoms with Crippen LogP contribution < -0.4 is 14.8 Å². The smallest absolute Gasteiger partial charge is 0.254 e. The van der Waals surface area contributed by atoms with E-state index >= 15 is 0 Å². The quantitative estimate of drug-likeness (QED) is 0.347. The molecule has 3 heterocycles. The number of hydrogen-bond donors (Lipinski definition) is 4. The molecule has 1 saturated carbocycles. The number of pyridine rings is 1. The number of aromatic hydroxyl groups is 1. The Morgan fingerprint density at radius 3 is 2.76 bits per heavy atom. The summed E-state index contributed by atoms with van der Waals surface area (Å²) in [6.07, 6.45) is 4.05. The van der Waals surface area contributed by atoms with Gasteiger partial charge in [0.15, 0.2) is 17.6 Å². The monoisotopic (exact) mass is 507 g/mol. The number of piperidine rings is 1. The van der Waals surface area contributed by atoms with E-state index < -0.39 is 23.0 Å². The van der Waals surface area contributed by atoms with Gasteiger partial charge in [-0.25, -0.2) is 4.98 Å². The van der Waals surface area contributed by atoms with Gasteiger partial charge in [-0.1, -0.05) is 6.07 Å². The largest absolute Gasteiger partial charge is 0.508 e. The van der Waals surface area contributed by atoms with Crippen molar-refractivity contribution in [3.63, 3.8) is 0 Å². The molecule has 9 heteroatoms. The molecule has 1 amide bonds. The summed E-state index contributed by atoms with van der Waals surface area (Å²) in [5.41, 5.74) is 0.0105. The Kier molecular flexibility index (Phi) is 5.44. The Hall–Kier alpha value is -3.30. The van der Waals surface area contributed by atoms with Gasteiger partial charge < -0.3 is 30.1 Å². The fourth-order valence-electron chi connectivity index (χ4n) is 6.69. The molecule has 1 aromatic heterocycles. The molecular weight excluding hydrogens is 474 g/mol. The average molecular weight is 508 g/mol. The summed E-state index contributed by atoms with van der Waals surface area (Å²) in [4.78, 5) is 19.6. The van der Waals surface area contributed by atoms with Crippen molar-refractivity contribution in [2.24, 2.45) is 5.92 Å². The summed E-state index contributed by atoms with van der Waals surface area (Å²) < 4.78 is 11.3. The van der Waals surface area contributed by atoms with Crippen molar-refractivity contribution in [3.05, 3.63) is 52.9 Å². The van der Waals surface area contributed by atoms with Gasteiger partial charge in [0.2, 0.25) is 5.88 Å². The molecule has 1 aromatic carbocycles. The number of aliphatic hydroxyl groups is 2. The maximum absolute atomic E-state index is 13.1. The lowest BCUT2D eigenvalue weighted by Gasteiger charge is -2.59. The Labute approximate surface area is 215 Å². The summed E-state index contributed by atoms with van der Waals surface area (Å²) in [6, 6.07) is 6.63. The molecular formula is C28H33N3O6. The van der Waals surface area contributed by atoms with Gasteiger partial charge in [-0.15, -0.1) is 0 Å². The summed E-state index contributed by atoms with van der Waals surface area (Å²) >= 11 is 0. The average Bonchev–Trinajstić information content (AvgIpc) is 3.62. The number of aliphatic hydroxyl groups excluding tert-OH is 1. The van der Waals surface area contributed by atoms with Gasteiger partial charge in [0.1, 0.15) is 5.76 Å². The fourth-order valence-corrected chi connectivity index (χ4v) is 6.69. The zero-order valence-electron chi connectivity index (χ0n) is 21.3. The van der Waals surface area contributed by atoms with E-state index in [0.29, 0.717) is 30.3 Å². The number of likely N-dealkylation sites (tertiary alicyclic amines) is 1. The van der Waals surface area contributed by atoms with Crippen LogP contribution in [0.2, 0.25) is 0 Å². The number of methoxy groups -OCH3 is 1. The molecule has 2 bridgehead atoms. The van der Waals surface area contributed by atoms with Gasteiger partial charge in [-0.05, 0) is 69.7 Å². The van der Waals surface area contributed by atoms with E-state index in [1.54, 1.807) is 18.2 Å². The minimum atomic E-state index is -1.26. The summed E-state index contributed by atoms with van der Waals surface area (Å²) in [7, 11) is 1.51. The zero-order valence-corrected chi connectivity index (χ0v) is 21.3. The Morgan fingerprint density at radius 1 is 1.30 bits per heavy atom. The predicted molar refractivity (Wildman–Crippen MR) is 136 cm³/mol. The molecule has 2 aromatic rings. The lowest BCUT2D eigenvalue weighted by atomic mass is 9.53. The van der Waals surface area contributed by atoms with Crippen molar-refractivity contribution in [1.29, 1.82) is 0 Å². The molecule has 196 valence electrons. The van der Waals surface area contributed by atoms with Crippen molar-refractivity contribution < 1.29 is 29.6 Å². The maximum Gasteiger partial charge on any atom is 0.254 e. The zero-order chi connectivity index (χ0) is 26.1. The molecule has 2 fully saturated rings. The molecule has 6 rings (SSSR count). The number of nitrogens with zero attached hydrogens (tertiary/aromatic N) is 2. The number of phenolic OH excluding ortho intramolecular Hbond substituents is 1. The third kappa shape index (κ3) is 3.51. The van der Waals surface area contributed by atoms with Crippen molar-refractivity contribution >= 4 is 11.6 Å². The number of ether oxygens (including phenoxy) is 2. The van der Waals surface area contributed by atoms with E-state index in [1.807, 2.05) is 13.0 Å². The van der Waals surface area contributed by atoms with Crippen LogP contribution in [-0.2, 0) is 16.6 Å². The van der Waals surface area contributed by atoms with Gasteiger partial charge in [0.05, 0.1) is 35.6 Å². The summed E-state index contributed by atoms with van der Waals surface area (Å²) in [5.74, 6) is 0.580. The lowest BCUT2D eigenvalue weighted by molar-refractivity contribution is -0.153. The van der Waals surface area contributed by atoms with Crippen LogP contribution in [0, 0.1) is 5.92 Å². The van der Waals surface area contributed by atoms with E-state index in [4.69, 9.17) is 9.47 Å². The van der Waals surface area contributed by atoms with E-state index in [-0.39, 0.29) is 28.9 Å². The van der Waals surface area contributed by atoms with E-state index in [0.717, 1.165) is 24.2 Å². The first-order valence-corrected chi connectivity index (χ1v) is 12.9. The highest BCUT2D eigenvalue weighted by atomic mass is 16.5. The standard InChI is InChI=1S/C28H33N3O6/c1-15(26(34)30-18-7-9-21(36-3)29-13-18)23(33)25-28-10-11-31(14-16-4-5-16)20(27(28,2)35)12-17-6-8-19(32)24(37-25)22(17)28/h6-9,13,16,20,25,32-33,35H,4-5,10-12,14H2,1-3H3,(H,30,34)/b23-15-/t20-,25+,27-,28+/m1/s1. The molecule has 4 N–H and O–H groups in total. The first-order chi connectivity index (χ1) is 17.7. The third-order valence-corrected chi connectivity index (χ3v) is 8.92. The Morgan fingerprint density at radius 2 is 2.08 bits per heavy atom. The van der Waals surface area contributed by atoms with Crippen LogP contribution in [0.5, 0.6) is 17.4 Å². The van der Waals surface area contributed by atoms with Crippen molar-refractivity contribution in [3.8, 4) is 17.4 Å². The minimum Gasteiger partial charge on any atom is -0.508 e. The van der Waals surface area contributed by atoms with Crippen LogP contribution in [0.3, 0.4) is 0 Å². The van der Waals surface area contributed by atoms with Gasteiger partial charge >= 0.3 is 0 Å². The second kappa shape index (κ2) is 8.36. The number of fused-ring (bicyclic) bond motifs is 1. The molecule has 2 aliphatic carbocycles. The topological polar surface area (TPSA) is 124 Å². The van der Waals surface area contributed by atoms with E-state index in [9.17, 15) is 20.1 Å². The number of aromatic nitrogens is 1. The molecule has 37 heavy (non-hydrogen) atoms. The van der Waals surface area contributed by atoms with Crippen LogP contribution in [0.4, 0.5) is 5.69 Å². The number of benzene rings is 1. The van der Waals surface area contributed by atoms with Crippen LogP contribution in [0.15, 0.2) is 41.8 Å². The molecule has 2 aliphatic heterocycles. The number of nitrogens with one attached hydrogen (secondary N) is 1. The number of hydrogen-bond acceptors (Lipinski definition) is 8. The molecule has 1 spiro atoms. The highest BCUT2D eigenvalue weighted by Gasteiger charge is 2.69. The number of rotatable bonds is 6. The van der Waals surface area contributed by atoms with Crippen LogP contribution in [0.25, 0.3) is 0 Å². The fraction of sp³-hybridized carbons (Fsp3) is 0.500. The van der Waals surface area contributed by atoms with Gasteiger partial charge in [0.25, 0.3) is 5.91 Å². The first-order valence-electron chi connectivity index (χ1n) is 12.9. The number of phenols is 1. The Balaban J connectivity index is 1.39. The SMILES string of the molecule is COc1ccc(NC(=O)/C(C)=C(\O)[C@@H]2Oc3c(O)ccc4c3[C@@]23CCN(CC2CC2)[C@H](C4)[C@@]3(C)O)cn1. The number of carbonyl (C=O) groups excluding carboxylic acids is 1. The maximum atomic E-state index is 13.1. The molecule has 4 atom stereocenters. The normalized spacial score (nSPS) is 30.7. The number of anilines is 1. The van der Waals surface area contributed by atoms with Crippen molar-refractivity contribution in [2.45, 2.75) is 62.7 Å². The third-order valence-electron chi connectivity index (χ3n) is 8.92. The van der Waals surface area contributed by atoms with E-state index in [1.165, 1.54) is 33.1 Å². The number of carbonyl (C=O) groups is 1. The number of amides is 1. The summed E-state index contributed by atoms with van der Waals surface area (Å²) in [6.45, 7) is 5.03. The first kappa shape index (κ1) is 24.1. The van der Waals surface area contributed by atoms with E-state index in [2.05, 4.69) is 15.2 Å². The molecule has 0 unspecified atom stereocenters. The highest BCUT2D eigenvalue weighted by Crippen LogP contribution is 2.63. The van der Waals surface area contributed by atoms with Crippen LogP contribution in [-0.4, -0.2) is 69.1 Å². The molecule has 0 radical (unpaired) electrons. The highest BCUT2D eigenvalue weighted by molar-refractivity contribution is 6.03. The predicted octanol–water partition coefficient (Wildman–Crippen LogP) is 3.06. The lowest BCUT2D eigenvalue weighted by Crippen LogP contribution is -2.73. The van der Waals surface area contributed by atoms with Crippen LogP contribution >= 0.6 is 0 Å². The van der Waals surface area contributed by atoms with Gasteiger partial charge in [-0.3, -0.25) is 9.69 Å². The van der Waals surface area contributed by atoms with Gasteiger partial charge in [-0.2, -0.15) is 0 Å². The summed E-state index contributed by atoms with van der Waals surface area (Å²) in [5, 5.41) is 37.2. The van der Waals surface area contributed by atoms with Crippen molar-refractivity contribution in [1.82, 2.24) is 9.88 Å². The second-order valence-electron chi connectivity index (χ2n) is 11.0. The van der Waals surface area contributed by atoms with Crippen LogP contribution in [0.1, 0.15) is 44.2 Å². The second-order valence-corrected chi connectivity index (χ2v) is 11.0. The van der Waals surface area contributed by atoms with Crippen molar-refractivity contribution in [2.75, 3.05) is 25.5 Å². The minimum absolute atomic E-state index is 0.0329. The molecule has 1 saturated heterocycles.